The number of hydrogen-bond donors (Lipinski definition) is 2. The zero-order valence-electron chi connectivity index (χ0n) is 24.3. The normalized spacial score (nSPS) is 11.5. The van der Waals surface area contributed by atoms with E-state index in [0.29, 0.717) is 18.2 Å². The summed E-state index contributed by atoms with van der Waals surface area (Å²) in [4.78, 5) is 49.4. The number of benzene rings is 2. The zero-order chi connectivity index (χ0) is 29.7. The van der Waals surface area contributed by atoms with Crippen LogP contribution in [-0.2, 0) is 9.59 Å². The summed E-state index contributed by atoms with van der Waals surface area (Å²) in [5.74, 6) is 0.256. The van der Waals surface area contributed by atoms with Gasteiger partial charge in [0.05, 0.1) is 11.0 Å². The van der Waals surface area contributed by atoms with Crippen molar-refractivity contribution in [1.82, 2.24) is 29.3 Å². The number of fused-ring (bicyclic) bond motifs is 1. The summed E-state index contributed by atoms with van der Waals surface area (Å²) in [6.45, 7) is 7.54. The fourth-order valence-corrected chi connectivity index (χ4v) is 4.60. The van der Waals surface area contributed by atoms with Gasteiger partial charge in [-0.1, -0.05) is 12.1 Å². The molecule has 0 fully saturated rings. The van der Waals surface area contributed by atoms with E-state index in [1.807, 2.05) is 78.3 Å². The van der Waals surface area contributed by atoms with E-state index >= 15 is 0 Å². The molecule has 0 saturated carbocycles. The summed E-state index contributed by atoms with van der Waals surface area (Å²) >= 11 is 0. The monoisotopic (exact) mass is 556 g/mol. The molecule has 0 radical (unpaired) electrons. The summed E-state index contributed by atoms with van der Waals surface area (Å²) in [5, 5.41) is 5.41. The average molecular weight is 557 g/mol. The fraction of sp³-hybridized carbons (Fsp3) is 0.300. The molecule has 41 heavy (non-hydrogen) atoms. The van der Waals surface area contributed by atoms with Gasteiger partial charge in [0, 0.05) is 61.5 Å². The van der Waals surface area contributed by atoms with Crippen LogP contribution in [-0.4, -0.2) is 70.6 Å². The van der Waals surface area contributed by atoms with Crippen LogP contribution < -0.4 is 21.2 Å². The van der Waals surface area contributed by atoms with E-state index in [1.54, 1.807) is 27.5 Å². The van der Waals surface area contributed by atoms with E-state index in [4.69, 9.17) is 0 Å². The highest BCUT2D eigenvalue weighted by Gasteiger charge is 2.18. The summed E-state index contributed by atoms with van der Waals surface area (Å²) in [7, 11) is 6.02. The van der Waals surface area contributed by atoms with Crippen molar-refractivity contribution in [3.63, 3.8) is 0 Å². The quantitative estimate of drug-likeness (QED) is 0.213. The Kier molecular flexibility index (Phi) is 8.98. The first-order chi connectivity index (χ1) is 19.6. The van der Waals surface area contributed by atoms with Gasteiger partial charge in [0.2, 0.25) is 18.3 Å². The molecule has 0 bridgehead atoms. The van der Waals surface area contributed by atoms with Gasteiger partial charge in [0.1, 0.15) is 5.82 Å². The lowest BCUT2D eigenvalue weighted by atomic mass is 10.1. The Morgan fingerprint density at radius 3 is 2.49 bits per heavy atom. The second-order valence-electron chi connectivity index (χ2n) is 10.3. The number of aromatic nitrogens is 4. The predicted molar refractivity (Wildman–Crippen MR) is 163 cm³/mol. The lowest BCUT2D eigenvalue weighted by molar-refractivity contribution is -0.121. The number of imidazole rings is 1. The molecule has 2 heterocycles. The number of nitrogens with one attached hydrogen (secondary N) is 2. The fourth-order valence-electron chi connectivity index (χ4n) is 4.60. The summed E-state index contributed by atoms with van der Waals surface area (Å²) in [5.41, 5.74) is 4.79. The Hall–Kier alpha value is -4.77. The first-order valence-corrected chi connectivity index (χ1v) is 13.4. The van der Waals surface area contributed by atoms with Crippen LogP contribution in [0.15, 0.2) is 59.5 Å². The van der Waals surface area contributed by atoms with E-state index in [0.717, 1.165) is 46.6 Å². The second kappa shape index (κ2) is 12.6. The van der Waals surface area contributed by atoms with Crippen molar-refractivity contribution in [2.24, 2.45) is 0 Å². The molecule has 2 N–H and O–H groups in total. The Morgan fingerprint density at radius 1 is 1.07 bits per heavy atom. The standard InChI is InChI=1S/C30H36N8O3/c1-20(2)37-24-9-7-8-10-25(24)38(30(37)41)27-13-14-31-29(34-27)33-23-18-22(11-12-28(40)32-19-39)26(17-21(23)3)36(6)16-15-35(4)5/h7-14,17-20H,15-16H2,1-6H3,(H,31,33,34)(H,32,39,40). The summed E-state index contributed by atoms with van der Waals surface area (Å²) < 4.78 is 3.34. The largest absolute Gasteiger partial charge is 0.373 e. The predicted octanol–water partition coefficient (Wildman–Crippen LogP) is 3.50. The SMILES string of the molecule is Cc1cc(N(C)CCN(C)C)c(C=CC(=O)NC=O)cc1Nc1nccc(-n2c(=O)n(C(C)C)c3ccccc32)n1. The van der Waals surface area contributed by atoms with Crippen LogP contribution in [0, 0.1) is 6.92 Å². The smallest absolute Gasteiger partial charge is 0.335 e. The van der Waals surface area contributed by atoms with Crippen LogP contribution >= 0.6 is 0 Å². The molecule has 0 unspecified atom stereocenters. The third kappa shape index (κ3) is 6.52. The number of carbonyl (C=O) groups is 2. The molecule has 0 atom stereocenters. The van der Waals surface area contributed by atoms with Gasteiger partial charge in [-0.3, -0.25) is 19.5 Å². The maximum Gasteiger partial charge on any atom is 0.335 e. The number of aryl methyl sites for hydroxylation is 1. The lowest BCUT2D eigenvalue weighted by Crippen LogP contribution is -2.29. The number of nitrogens with zero attached hydrogens (tertiary/aromatic N) is 6. The molecule has 0 aliphatic heterocycles. The molecule has 2 aromatic heterocycles. The number of para-hydroxylation sites is 2. The van der Waals surface area contributed by atoms with Crippen LogP contribution in [0.1, 0.15) is 31.0 Å². The highest BCUT2D eigenvalue weighted by molar-refractivity contribution is 5.98. The van der Waals surface area contributed by atoms with Gasteiger partial charge in [0.25, 0.3) is 0 Å². The van der Waals surface area contributed by atoms with Gasteiger partial charge in [-0.25, -0.2) is 14.3 Å². The van der Waals surface area contributed by atoms with Crippen molar-refractivity contribution in [3.05, 3.63) is 76.3 Å². The van der Waals surface area contributed by atoms with Crippen molar-refractivity contribution < 1.29 is 9.59 Å². The average Bonchev–Trinajstić information content (AvgIpc) is 3.24. The summed E-state index contributed by atoms with van der Waals surface area (Å²) in [6.07, 6.45) is 4.96. The van der Waals surface area contributed by atoms with Crippen LogP contribution in [0.4, 0.5) is 17.3 Å². The lowest BCUT2D eigenvalue weighted by Gasteiger charge is -2.25. The Morgan fingerprint density at radius 2 is 1.80 bits per heavy atom. The molecular formula is C30H36N8O3. The van der Waals surface area contributed by atoms with Crippen molar-refractivity contribution in [2.75, 3.05) is 44.4 Å². The highest BCUT2D eigenvalue weighted by Crippen LogP contribution is 2.30. The molecule has 214 valence electrons. The number of hydrogen-bond acceptors (Lipinski definition) is 8. The van der Waals surface area contributed by atoms with Crippen LogP contribution in [0.3, 0.4) is 0 Å². The van der Waals surface area contributed by atoms with Crippen molar-refractivity contribution in [2.45, 2.75) is 26.8 Å². The molecule has 11 heteroatoms. The van der Waals surface area contributed by atoms with Crippen molar-refractivity contribution in [3.8, 4) is 5.82 Å². The third-order valence-electron chi connectivity index (χ3n) is 6.70. The van der Waals surface area contributed by atoms with E-state index in [2.05, 4.69) is 30.4 Å². The maximum atomic E-state index is 13.4. The molecule has 0 aliphatic carbocycles. The van der Waals surface area contributed by atoms with Gasteiger partial charge in [-0.2, -0.15) is 4.98 Å². The highest BCUT2D eigenvalue weighted by atomic mass is 16.2. The van der Waals surface area contributed by atoms with Gasteiger partial charge in [0.15, 0.2) is 0 Å². The van der Waals surface area contributed by atoms with Crippen LogP contribution in [0.5, 0.6) is 0 Å². The van der Waals surface area contributed by atoms with Gasteiger partial charge >= 0.3 is 5.69 Å². The molecule has 2 aromatic carbocycles. The first-order valence-electron chi connectivity index (χ1n) is 13.4. The van der Waals surface area contributed by atoms with Gasteiger partial charge in [-0.05, 0) is 70.8 Å². The summed E-state index contributed by atoms with van der Waals surface area (Å²) in [6, 6.07) is 13.3. The van der Waals surface area contributed by atoms with Crippen molar-refractivity contribution >= 4 is 46.7 Å². The molecular weight excluding hydrogens is 520 g/mol. The number of amides is 2. The first kappa shape index (κ1) is 29.2. The van der Waals surface area contributed by atoms with E-state index in [1.165, 1.54) is 6.08 Å². The minimum Gasteiger partial charge on any atom is -0.373 e. The maximum absolute atomic E-state index is 13.4. The van der Waals surface area contributed by atoms with Crippen LogP contribution in [0.2, 0.25) is 0 Å². The number of likely N-dealkylation sites (N-methyl/N-ethyl adjacent to an activating group) is 2. The zero-order valence-corrected chi connectivity index (χ0v) is 24.3. The number of imide groups is 1. The second-order valence-corrected chi connectivity index (χ2v) is 10.3. The Balaban J connectivity index is 1.73. The number of anilines is 3. The molecule has 4 rings (SSSR count). The minimum atomic E-state index is -0.515. The van der Waals surface area contributed by atoms with Gasteiger partial charge < -0.3 is 15.1 Å². The van der Waals surface area contributed by atoms with E-state index in [-0.39, 0.29) is 11.7 Å². The Bertz CT molecular complexity index is 1650. The van der Waals surface area contributed by atoms with Crippen LogP contribution in [0.25, 0.3) is 22.9 Å². The number of carbonyl (C=O) groups excluding carboxylic acids is 2. The van der Waals surface area contributed by atoms with E-state index < -0.39 is 5.91 Å². The van der Waals surface area contributed by atoms with Crippen molar-refractivity contribution in [1.29, 1.82) is 0 Å². The van der Waals surface area contributed by atoms with Gasteiger partial charge in [-0.15, -0.1) is 0 Å². The third-order valence-corrected chi connectivity index (χ3v) is 6.70. The minimum absolute atomic E-state index is 0.0230. The molecule has 2 amide bonds. The molecule has 4 aromatic rings. The Labute approximate surface area is 239 Å². The molecule has 0 spiro atoms. The molecule has 0 aliphatic rings. The molecule has 0 saturated heterocycles. The van der Waals surface area contributed by atoms with E-state index in [9.17, 15) is 14.4 Å². The topological polar surface area (TPSA) is 117 Å². The number of rotatable bonds is 11. The molecule has 11 nitrogen and oxygen atoms in total.